The minimum Gasteiger partial charge on any atom is -0.388 e. The van der Waals surface area contributed by atoms with Crippen LogP contribution < -0.4 is 0 Å². The first kappa shape index (κ1) is 36.4. The molecule has 46 heavy (non-hydrogen) atoms. The van der Waals surface area contributed by atoms with E-state index < -0.39 is 143 Å². The molecule has 0 amide bonds. The zero-order valence-electron chi connectivity index (χ0n) is 24.1. The molecule has 0 saturated carbocycles. The van der Waals surface area contributed by atoms with Crippen molar-refractivity contribution in [2.75, 3.05) is 33.0 Å². The number of rotatable bonds is 8. The van der Waals surface area contributed by atoms with Gasteiger partial charge in [0, 0.05) is 0 Å². The third-order valence-corrected chi connectivity index (χ3v) is 8.45. The molecule has 0 aromatic heterocycles. The van der Waals surface area contributed by atoms with E-state index in [0.29, 0.717) is 0 Å². The van der Waals surface area contributed by atoms with Gasteiger partial charge in [-0.2, -0.15) is 0 Å². The SMILES string of the molecule is OC1OC[C@H](O[C@H]2OC[C@H](O[C@H]3OC[C@H](O[C@H]4OCC(O[C@H]5OC[C@H](O)[C@@H](O)[C@@H]5O)[C@@H](O)[C@@H]4O)[C@@H](O)[C@@H]3O)[C@@H](O)[C@@H]2O)[C@@H](O)[C@@H]1O. The summed E-state index contributed by atoms with van der Waals surface area (Å²) >= 11 is 0. The molecule has 0 bridgehead atoms. The number of aliphatic hydroxyl groups excluding tert-OH is 12. The zero-order chi connectivity index (χ0) is 33.4. The molecule has 5 fully saturated rings. The van der Waals surface area contributed by atoms with Crippen LogP contribution in [0.15, 0.2) is 0 Å². The maximum atomic E-state index is 10.7. The first-order chi connectivity index (χ1) is 21.8. The fourth-order valence-corrected chi connectivity index (χ4v) is 5.51. The van der Waals surface area contributed by atoms with Gasteiger partial charge in [0.05, 0.1) is 33.0 Å². The molecule has 0 aromatic rings. The van der Waals surface area contributed by atoms with Crippen LogP contribution in [0, 0.1) is 0 Å². The summed E-state index contributed by atoms with van der Waals surface area (Å²) in [6.45, 7) is -1.94. The van der Waals surface area contributed by atoms with E-state index in [1.54, 1.807) is 0 Å². The first-order valence-corrected chi connectivity index (χ1v) is 14.6. The van der Waals surface area contributed by atoms with Gasteiger partial charge in [-0.05, 0) is 0 Å². The zero-order valence-corrected chi connectivity index (χ0v) is 24.1. The Kier molecular flexibility index (Phi) is 12.2. The van der Waals surface area contributed by atoms with Crippen molar-refractivity contribution in [1.82, 2.24) is 0 Å². The van der Waals surface area contributed by atoms with Crippen LogP contribution in [-0.2, 0) is 42.6 Å². The standard InChI is InChI=1S/C25H42O21/c26-6-1-39-22(17(33)11(6)27)44-8-3-41-24(19(35)13(8)29)46-10-5-42-25(20(36)15(10)31)45-9-4-40-23(18(34)14(9)30)43-7-2-38-21(37)16(32)12(7)28/h6-37H,1-5H2/t6-,7-,8?,9-,10-,11+,12+,13+,14+,15+,16-,17-,18-,19-,20-,21?,22+,23+,24+,25+/m0/s1. The second-order valence-electron chi connectivity index (χ2n) is 11.7. The van der Waals surface area contributed by atoms with Gasteiger partial charge in [0.1, 0.15) is 91.6 Å². The Morgan fingerprint density at radius 2 is 0.587 bits per heavy atom. The monoisotopic (exact) mass is 678 g/mol. The van der Waals surface area contributed by atoms with E-state index in [-0.39, 0.29) is 13.2 Å². The van der Waals surface area contributed by atoms with Gasteiger partial charge in [-0.3, -0.25) is 0 Å². The summed E-state index contributed by atoms with van der Waals surface area (Å²) < 4.78 is 48.2. The molecule has 5 rings (SSSR count). The average Bonchev–Trinajstić information content (AvgIpc) is 3.03. The highest BCUT2D eigenvalue weighted by Crippen LogP contribution is 2.30. The van der Waals surface area contributed by atoms with Crippen LogP contribution in [0.1, 0.15) is 0 Å². The number of aliphatic hydroxyl groups is 12. The van der Waals surface area contributed by atoms with Gasteiger partial charge in [-0.25, -0.2) is 0 Å². The molecular weight excluding hydrogens is 636 g/mol. The fourth-order valence-electron chi connectivity index (χ4n) is 5.51. The van der Waals surface area contributed by atoms with Gasteiger partial charge >= 0.3 is 0 Å². The predicted molar refractivity (Wildman–Crippen MR) is 136 cm³/mol. The summed E-state index contributed by atoms with van der Waals surface area (Å²) in [5.74, 6) is 0. The molecule has 268 valence electrons. The van der Waals surface area contributed by atoms with Gasteiger partial charge < -0.3 is 104 Å². The molecular formula is C25H42O21. The second kappa shape index (κ2) is 15.4. The van der Waals surface area contributed by atoms with Crippen molar-refractivity contribution in [3.8, 4) is 0 Å². The maximum absolute atomic E-state index is 10.7. The topological polar surface area (TPSA) is 326 Å². The molecule has 0 aromatic carbocycles. The Bertz CT molecular complexity index is 891. The van der Waals surface area contributed by atoms with Crippen LogP contribution in [0.4, 0.5) is 0 Å². The Morgan fingerprint density at radius 3 is 0.957 bits per heavy atom. The normalized spacial score (nSPS) is 54.0. The van der Waals surface area contributed by atoms with Crippen LogP contribution in [0.25, 0.3) is 0 Å². The van der Waals surface area contributed by atoms with Gasteiger partial charge in [-0.1, -0.05) is 0 Å². The van der Waals surface area contributed by atoms with Crippen LogP contribution in [0.5, 0.6) is 0 Å². The van der Waals surface area contributed by atoms with Crippen LogP contribution in [-0.4, -0.2) is 217 Å². The van der Waals surface area contributed by atoms with Crippen molar-refractivity contribution < 1.29 is 104 Å². The van der Waals surface area contributed by atoms with Gasteiger partial charge in [-0.15, -0.1) is 0 Å². The van der Waals surface area contributed by atoms with E-state index >= 15 is 0 Å². The van der Waals surface area contributed by atoms with Crippen molar-refractivity contribution in [3.05, 3.63) is 0 Å². The van der Waals surface area contributed by atoms with E-state index in [9.17, 15) is 61.3 Å². The van der Waals surface area contributed by atoms with E-state index in [1.165, 1.54) is 0 Å². The lowest BCUT2D eigenvalue weighted by atomic mass is 10.0. The molecule has 12 N–H and O–H groups in total. The molecule has 21 heteroatoms. The minimum absolute atomic E-state index is 0.349. The highest BCUT2D eigenvalue weighted by atomic mass is 16.8. The third-order valence-electron chi connectivity index (χ3n) is 8.45. The van der Waals surface area contributed by atoms with Crippen molar-refractivity contribution in [3.63, 3.8) is 0 Å². The summed E-state index contributed by atoms with van der Waals surface area (Å²) in [5, 5.41) is 122. The average molecular weight is 679 g/mol. The van der Waals surface area contributed by atoms with Crippen LogP contribution in [0.3, 0.4) is 0 Å². The highest BCUT2D eigenvalue weighted by Gasteiger charge is 2.50. The van der Waals surface area contributed by atoms with Crippen molar-refractivity contribution in [2.24, 2.45) is 0 Å². The lowest BCUT2D eigenvalue weighted by Crippen LogP contribution is -2.63. The van der Waals surface area contributed by atoms with Gasteiger partial charge in [0.25, 0.3) is 0 Å². The minimum atomic E-state index is -1.78. The summed E-state index contributed by atoms with van der Waals surface area (Å²) in [6, 6.07) is 0. The highest BCUT2D eigenvalue weighted by molar-refractivity contribution is 4.92. The lowest BCUT2D eigenvalue weighted by Gasteiger charge is -2.45. The molecule has 5 heterocycles. The van der Waals surface area contributed by atoms with Crippen molar-refractivity contribution in [1.29, 1.82) is 0 Å². The Hall–Kier alpha value is -0.840. The van der Waals surface area contributed by atoms with E-state index in [0.717, 1.165) is 0 Å². The second-order valence-corrected chi connectivity index (χ2v) is 11.7. The van der Waals surface area contributed by atoms with Gasteiger partial charge in [0.15, 0.2) is 31.5 Å². The third kappa shape index (κ3) is 7.65. The molecule has 5 aliphatic heterocycles. The van der Waals surface area contributed by atoms with Crippen LogP contribution in [0.2, 0.25) is 0 Å². The number of hydrogen-bond acceptors (Lipinski definition) is 21. The maximum Gasteiger partial charge on any atom is 0.186 e. The molecule has 5 aliphatic rings. The van der Waals surface area contributed by atoms with Crippen LogP contribution >= 0.6 is 0 Å². The van der Waals surface area contributed by atoms with Gasteiger partial charge in [0.2, 0.25) is 0 Å². The number of ether oxygens (including phenoxy) is 9. The first-order valence-electron chi connectivity index (χ1n) is 14.6. The quantitative estimate of drug-likeness (QED) is 0.113. The van der Waals surface area contributed by atoms with Crippen molar-refractivity contribution >= 4 is 0 Å². The summed E-state index contributed by atoms with van der Waals surface area (Å²) in [6.07, 6.45) is -30.9. The summed E-state index contributed by atoms with van der Waals surface area (Å²) in [4.78, 5) is 0. The van der Waals surface area contributed by atoms with Crippen molar-refractivity contribution in [2.45, 2.75) is 123 Å². The fraction of sp³-hybridized carbons (Fsp3) is 1.00. The summed E-state index contributed by atoms with van der Waals surface area (Å²) in [5.41, 5.74) is 0. The molecule has 5 saturated heterocycles. The van der Waals surface area contributed by atoms with E-state index in [1.807, 2.05) is 0 Å². The predicted octanol–water partition coefficient (Wildman–Crippen LogP) is -8.73. The smallest absolute Gasteiger partial charge is 0.186 e. The molecule has 0 spiro atoms. The van der Waals surface area contributed by atoms with E-state index in [2.05, 4.69) is 0 Å². The molecule has 2 unspecified atom stereocenters. The Labute approximate surface area is 260 Å². The summed E-state index contributed by atoms with van der Waals surface area (Å²) in [7, 11) is 0. The Balaban J connectivity index is 1.08. The Morgan fingerprint density at radius 1 is 0.304 bits per heavy atom. The molecule has 0 aliphatic carbocycles. The lowest BCUT2D eigenvalue weighted by molar-refractivity contribution is -0.362. The molecule has 0 radical (unpaired) electrons. The largest absolute Gasteiger partial charge is 0.388 e. The molecule has 20 atom stereocenters. The number of hydrogen-bond donors (Lipinski definition) is 12. The van der Waals surface area contributed by atoms with E-state index in [4.69, 9.17) is 42.6 Å². The molecule has 21 nitrogen and oxygen atoms in total.